The molecule has 0 bridgehead atoms. The fourth-order valence-electron chi connectivity index (χ4n) is 4.28. The number of likely N-dealkylation sites (tertiary alicyclic amines) is 1. The summed E-state index contributed by atoms with van der Waals surface area (Å²) in [5.74, 6) is 0.514. The summed E-state index contributed by atoms with van der Waals surface area (Å²) in [4.78, 5) is 21.8. The Balaban J connectivity index is 1.60. The molecule has 2 atom stereocenters. The molecular formula is C23H26BrN5O. The first-order valence-corrected chi connectivity index (χ1v) is 11.2. The molecule has 1 fully saturated rings. The van der Waals surface area contributed by atoms with Gasteiger partial charge in [-0.15, -0.1) is 0 Å². The molecule has 1 aromatic carbocycles. The summed E-state index contributed by atoms with van der Waals surface area (Å²) >= 11 is 3.44. The van der Waals surface area contributed by atoms with Crippen LogP contribution in [0.15, 0.2) is 53.4 Å². The Kier molecular flexibility index (Phi) is 6.27. The quantitative estimate of drug-likeness (QED) is 0.549. The van der Waals surface area contributed by atoms with E-state index in [4.69, 9.17) is 0 Å². The summed E-state index contributed by atoms with van der Waals surface area (Å²) in [6.07, 6.45) is 9.02. The van der Waals surface area contributed by atoms with Gasteiger partial charge in [-0.2, -0.15) is 15.0 Å². The number of aromatic nitrogens is 4. The van der Waals surface area contributed by atoms with E-state index in [0.29, 0.717) is 11.5 Å². The zero-order valence-corrected chi connectivity index (χ0v) is 18.9. The summed E-state index contributed by atoms with van der Waals surface area (Å²) in [6, 6.07) is 10.1. The van der Waals surface area contributed by atoms with E-state index >= 15 is 0 Å². The van der Waals surface area contributed by atoms with Crippen molar-refractivity contribution in [3.8, 4) is 5.69 Å². The first-order chi connectivity index (χ1) is 14.5. The molecule has 0 spiro atoms. The first kappa shape index (κ1) is 20.7. The van der Waals surface area contributed by atoms with Crippen molar-refractivity contribution in [1.29, 1.82) is 0 Å². The molecule has 1 saturated heterocycles. The molecule has 3 aromatic rings. The van der Waals surface area contributed by atoms with Crippen molar-refractivity contribution in [3.63, 3.8) is 0 Å². The van der Waals surface area contributed by atoms with Crippen molar-refractivity contribution < 1.29 is 4.79 Å². The van der Waals surface area contributed by atoms with Crippen LogP contribution in [-0.4, -0.2) is 43.4 Å². The maximum atomic E-state index is 13.7. The van der Waals surface area contributed by atoms with Crippen molar-refractivity contribution in [2.75, 3.05) is 6.54 Å². The number of hydrogen-bond donors (Lipinski definition) is 0. The molecule has 0 aliphatic carbocycles. The van der Waals surface area contributed by atoms with Gasteiger partial charge in [0, 0.05) is 29.0 Å². The van der Waals surface area contributed by atoms with Gasteiger partial charge in [0.1, 0.15) is 0 Å². The lowest BCUT2D eigenvalue weighted by molar-refractivity contribution is 0.0498. The number of carbonyl (C=O) groups is 1. The van der Waals surface area contributed by atoms with Crippen LogP contribution in [-0.2, 0) is 6.42 Å². The van der Waals surface area contributed by atoms with Gasteiger partial charge in [0.05, 0.1) is 23.6 Å². The third-order valence-corrected chi connectivity index (χ3v) is 6.35. The number of piperidine rings is 1. The Hall–Kier alpha value is -2.54. The first-order valence-electron chi connectivity index (χ1n) is 10.4. The predicted octanol–water partition coefficient (Wildman–Crippen LogP) is 4.61. The lowest BCUT2D eigenvalue weighted by Gasteiger charge is -2.40. The maximum Gasteiger partial charge on any atom is 0.256 e. The van der Waals surface area contributed by atoms with Crippen LogP contribution >= 0.6 is 15.9 Å². The van der Waals surface area contributed by atoms with Gasteiger partial charge in [-0.1, -0.05) is 18.6 Å². The van der Waals surface area contributed by atoms with E-state index in [0.717, 1.165) is 53.6 Å². The van der Waals surface area contributed by atoms with Crippen LogP contribution in [0, 0.1) is 12.8 Å². The second-order valence-electron chi connectivity index (χ2n) is 8.03. The fraction of sp³-hybridized carbons (Fsp3) is 0.391. The number of benzene rings is 1. The van der Waals surface area contributed by atoms with Gasteiger partial charge in [-0.25, -0.2) is 0 Å². The standard InChI is InChI=1S/C23H26BrN5O/c1-16-5-9-22(29-26-11-12-27-29)20(14-16)23(30)28-13-3-4-17(2)21(28)10-8-19-7-6-18(24)15-25-19/h5-7,9,11-12,14-15,17,21H,3-4,8,10,13H2,1-2H3/t17-,21-/m1/s1. The largest absolute Gasteiger partial charge is 0.335 e. The number of aryl methyl sites for hydroxylation is 2. The molecule has 0 N–H and O–H groups in total. The van der Waals surface area contributed by atoms with Crippen LogP contribution in [0.3, 0.4) is 0 Å². The highest BCUT2D eigenvalue weighted by molar-refractivity contribution is 9.10. The van der Waals surface area contributed by atoms with Crippen LogP contribution in [0.4, 0.5) is 0 Å². The van der Waals surface area contributed by atoms with E-state index < -0.39 is 0 Å². The van der Waals surface area contributed by atoms with Gasteiger partial charge < -0.3 is 4.90 Å². The zero-order chi connectivity index (χ0) is 21.1. The van der Waals surface area contributed by atoms with Gasteiger partial charge >= 0.3 is 0 Å². The van der Waals surface area contributed by atoms with Crippen LogP contribution in [0.2, 0.25) is 0 Å². The van der Waals surface area contributed by atoms with Crippen molar-refractivity contribution in [2.24, 2.45) is 5.92 Å². The number of amides is 1. The Labute approximate surface area is 185 Å². The Morgan fingerprint density at radius 2 is 2.00 bits per heavy atom. The molecule has 1 aliphatic rings. The molecule has 0 radical (unpaired) electrons. The number of hydrogen-bond acceptors (Lipinski definition) is 4. The number of pyridine rings is 1. The normalized spacial score (nSPS) is 19.1. The number of halogens is 1. The van der Waals surface area contributed by atoms with Crippen LogP contribution in [0.25, 0.3) is 5.69 Å². The van der Waals surface area contributed by atoms with Gasteiger partial charge in [0.15, 0.2) is 0 Å². The Morgan fingerprint density at radius 3 is 2.73 bits per heavy atom. The fourth-order valence-corrected chi connectivity index (χ4v) is 4.52. The average Bonchev–Trinajstić information content (AvgIpc) is 3.28. The molecule has 156 valence electrons. The molecule has 1 amide bonds. The summed E-state index contributed by atoms with van der Waals surface area (Å²) in [6.45, 7) is 5.04. The lowest BCUT2D eigenvalue weighted by atomic mass is 9.86. The smallest absolute Gasteiger partial charge is 0.256 e. The lowest BCUT2D eigenvalue weighted by Crippen LogP contribution is -2.48. The molecule has 0 saturated carbocycles. The van der Waals surface area contributed by atoms with Gasteiger partial charge in [0.2, 0.25) is 0 Å². The van der Waals surface area contributed by atoms with E-state index in [-0.39, 0.29) is 11.9 Å². The molecule has 7 heteroatoms. The van der Waals surface area contributed by atoms with Gasteiger partial charge in [-0.3, -0.25) is 9.78 Å². The van der Waals surface area contributed by atoms with E-state index in [2.05, 4.69) is 42.9 Å². The maximum absolute atomic E-state index is 13.7. The van der Waals surface area contributed by atoms with Crippen molar-refractivity contribution in [1.82, 2.24) is 24.9 Å². The van der Waals surface area contributed by atoms with Crippen LogP contribution in [0.1, 0.15) is 47.8 Å². The highest BCUT2D eigenvalue weighted by atomic mass is 79.9. The molecule has 0 unspecified atom stereocenters. The van der Waals surface area contributed by atoms with Gasteiger partial charge in [-0.05, 0) is 78.7 Å². The second kappa shape index (κ2) is 9.08. The SMILES string of the molecule is Cc1ccc(-n2nccn2)c(C(=O)N2CCC[C@@H](C)[C@H]2CCc2ccc(Br)cn2)c1. The topological polar surface area (TPSA) is 63.9 Å². The molecule has 1 aliphatic heterocycles. The van der Waals surface area contributed by atoms with Crippen molar-refractivity contribution >= 4 is 21.8 Å². The molecule has 2 aromatic heterocycles. The summed E-state index contributed by atoms with van der Waals surface area (Å²) in [5.41, 5.74) is 3.49. The second-order valence-corrected chi connectivity index (χ2v) is 8.95. The number of rotatable bonds is 5. The highest BCUT2D eigenvalue weighted by Crippen LogP contribution is 2.29. The Morgan fingerprint density at radius 1 is 1.20 bits per heavy atom. The van der Waals surface area contributed by atoms with Crippen molar-refractivity contribution in [2.45, 2.75) is 45.6 Å². The third kappa shape index (κ3) is 4.46. The summed E-state index contributed by atoms with van der Waals surface area (Å²) < 4.78 is 0.980. The van der Waals surface area contributed by atoms with E-state index in [9.17, 15) is 4.79 Å². The molecule has 6 nitrogen and oxygen atoms in total. The van der Waals surface area contributed by atoms with E-state index in [1.165, 1.54) is 4.80 Å². The summed E-state index contributed by atoms with van der Waals surface area (Å²) in [5, 5.41) is 8.49. The molecule has 30 heavy (non-hydrogen) atoms. The minimum absolute atomic E-state index is 0.0614. The monoisotopic (exact) mass is 467 g/mol. The van der Waals surface area contributed by atoms with Crippen LogP contribution in [0.5, 0.6) is 0 Å². The summed E-state index contributed by atoms with van der Waals surface area (Å²) in [7, 11) is 0. The molecular weight excluding hydrogens is 442 g/mol. The minimum Gasteiger partial charge on any atom is -0.335 e. The van der Waals surface area contributed by atoms with Crippen LogP contribution < -0.4 is 0 Å². The minimum atomic E-state index is 0.0614. The Bertz CT molecular complexity index is 1000. The molecule has 4 rings (SSSR count). The average molecular weight is 468 g/mol. The van der Waals surface area contributed by atoms with Gasteiger partial charge in [0.25, 0.3) is 5.91 Å². The third-order valence-electron chi connectivity index (χ3n) is 5.88. The number of carbonyl (C=O) groups excluding carboxylic acids is 1. The van der Waals surface area contributed by atoms with E-state index in [1.54, 1.807) is 12.4 Å². The van der Waals surface area contributed by atoms with E-state index in [1.807, 2.05) is 43.5 Å². The highest BCUT2D eigenvalue weighted by Gasteiger charge is 2.33. The van der Waals surface area contributed by atoms with Crippen molar-refractivity contribution in [3.05, 3.63) is 70.2 Å². The predicted molar refractivity (Wildman–Crippen MR) is 120 cm³/mol. The molecule has 3 heterocycles. The number of nitrogens with zero attached hydrogens (tertiary/aromatic N) is 5. The zero-order valence-electron chi connectivity index (χ0n) is 17.3.